The number of nitrogens with one attached hydrogen (secondary N) is 1. The molecule has 2 heterocycles. The fourth-order valence-corrected chi connectivity index (χ4v) is 3.30. The van der Waals surface area contributed by atoms with Crippen LogP contribution >= 0.6 is 0 Å². The standard InChI is InChI=1S/C21H29N5O/c1-14-6-8-17(9-7-14)12-22-18-10-11-26(13-18)20-15(2)16(3)23-19(24-20)21(27)25(4)5/h6-9,18,22H,10-13H2,1-5H3/t18-/m1/s1. The summed E-state index contributed by atoms with van der Waals surface area (Å²) in [6.07, 6.45) is 1.06. The molecule has 1 fully saturated rings. The smallest absolute Gasteiger partial charge is 0.291 e. The van der Waals surface area contributed by atoms with Crippen molar-refractivity contribution in [3.05, 3.63) is 52.5 Å². The number of hydrogen-bond donors (Lipinski definition) is 1. The van der Waals surface area contributed by atoms with E-state index >= 15 is 0 Å². The first-order chi connectivity index (χ1) is 12.8. The maximum absolute atomic E-state index is 12.3. The summed E-state index contributed by atoms with van der Waals surface area (Å²) in [6.45, 7) is 8.76. The number of aromatic nitrogens is 2. The first-order valence-corrected chi connectivity index (χ1v) is 9.46. The van der Waals surface area contributed by atoms with Crippen molar-refractivity contribution in [2.24, 2.45) is 0 Å². The lowest BCUT2D eigenvalue weighted by Gasteiger charge is -2.22. The van der Waals surface area contributed by atoms with Crippen molar-refractivity contribution < 1.29 is 4.79 Å². The number of rotatable bonds is 5. The van der Waals surface area contributed by atoms with E-state index in [9.17, 15) is 4.79 Å². The first-order valence-electron chi connectivity index (χ1n) is 9.46. The Balaban J connectivity index is 1.69. The molecule has 1 amide bonds. The third kappa shape index (κ3) is 4.45. The Morgan fingerprint density at radius 1 is 1.19 bits per heavy atom. The molecule has 0 aliphatic carbocycles. The Kier molecular flexibility index (Phi) is 5.75. The van der Waals surface area contributed by atoms with E-state index in [4.69, 9.17) is 0 Å². The van der Waals surface area contributed by atoms with Gasteiger partial charge in [-0.3, -0.25) is 4.79 Å². The van der Waals surface area contributed by atoms with E-state index in [2.05, 4.69) is 51.4 Å². The second kappa shape index (κ2) is 8.05. The van der Waals surface area contributed by atoms with Crippen molar-refractivity contribution in [3.63, 3.8) is 0 Å². The molecule has 1 saturated heterocycles. The Morgan fingerprint density at radius 3 is 2.56 bits per heavy atom. The molecule has 1 aromatic carbocycles. The van der Waals surface area contributed by atoms with Crippen LogP contribution in [0.3, 0.4) is 0 Å². The number of amides is 1. The van der Waals surface area contributed by atoms with Crippen LogP contribution in [0.5, 0.6) is 0 Å². The zero-order valence-electron chi connectivity index (χ0n) is 16.9. The number of hydrogen-bond acceptors (Lipinski definition) is 5. The number of carbonyl (C=O) groups is 1. The number of nitrogens with zero attached hydrogens (tertiary/aromatic N) is 4. The second-order valence-electron chi connectivity index (χ2n) is 7.58. The monoisotopic (exact) mass is 367 g/mol. The zero-order valence-corrected chi connectivity index (χ0v) is 16.9. The van der Waals surface area contributed by atoms with Crippen LogP contribution in [0, 0.1) is 20.8 Å². The van der Waals surface area contributed by atoms with Crippen molar-refractivity contribution in [3.8, 4) is 0 Å². The van der Waals surface area contributed by atoms with Crippen LogP contribution in [0.1, 0.15) is 39.4 Å². The Labute approximate surface area is 161 Å². The third-order valence-corrected chi connectivity index (χ3v) is 5.16. The molecule has 1 aliphatic heterocycles. The van der Waals surface area contributed by atoms with Crippen LogP contribution in [-0.2, 0) is 6.54 Å². The molecular formula is C21H29N5O. The molecule has 144 valence electrons. The molecule has 6 nitrogen and oxygen atoms in total. The van der Waals surface area contributed by atoms with Crippen LogP contribution in [0.4, 0.5) is 5.82 Å². The van der Waals surface area contributed by atoms with Crippen molar-refractivity contribution in [2.75, 3.05) is 32.1 Å². The van der Waals surface area contributed by atoms with Gasteiger partial charge >= 0.3 is 0 Å². The minimum absolute atomic E-state index is 0.160. The molecule has 0 saturated carbocycles. The average Bonchev–Trinajstić information content (AvgIpc) is 3.11. The topological polar surface area (TPSA) is 61.4 Å². The molecule has 0 unspecified atom stereocenters. The molecule has 3 rings (SSSR count). The Bertz CT molecular complexity index is 816. The average molecular weight is 367 g/mol. The number of benzene rings is 1. The summed E-state index contributed by atoms with van der Waals surface area (Å²) >= 11 is 0. The van der Waals surface area contributed by atoms with Crippen LogP contribution in [0.25, 0.3) is 0 Å². The summed E-state index contributed by atoms with van der Waals surface area (Å²) < 4.78 is 0. The number of aryl methyl sites for hydroxylation is 2. The summed E-state index contributed by atoms with van der Waals surface area (Å²) in [5, 5.41) is 3.65. The predicted molar refractivity (Wildman–Crippen MR) is 108 cm³/mol. The normalized spacial score (nSPS) is 16.6. The molecular weight excluding hydrogens is 338 g/mol. The maximum atomic E-state index is 12.3. The van der Waals surface area contributed by atoms with Gasteiger partial charge in [0.25, 0.3) is 5.91 Å². The van der Waals surface area contributed by atoms with Gasteiger partial charge in [0.15, 0.2) is 0 Å². The highest BCUT2D eigenvalue weighted by atomic mass is 16.2. The maximum Gasteiger partial charge on any atom is 0.291 e. The van der Waals surface area contributed by atoms with Gasteiger partial charge < -0.3 is 15.1 Å². The van der Waals surface area contributed by atoms with Gasteiger partial charge in [0.1, 0.15) is 5.82 Å². The van der Waals surface area contributed by atoms with E-state index in [1.54, 1.807) is 14.1 Å². The highest BCUT2D eigenvalue weighted by Crippen LogP contribution is 2.24. The van der Waals surface area contributed by atoms with Crippen LogP contribution < -0.4 is 10.2 Å². The number of anilines is 1. The van der Waals surface area contributed by atoms with Gasteiger partial charge in [-0.15, -0.1) is 0 Å². The Morgan fingerprint density at radius 2 is 1.89 bits per heavy atom. The van der Waals surface area contributed by atoms with Gasteiger partial charge in [0.05, 0.1) is 0 Å². The van der Waals surface area contributed by atoms with Crippen molar-refractivity contribution in [1.29, 1.82) is 0 Å². The van der Waals surface area contributed by atoms with Gasteiger partial charge in [-0.1, -0.05) is 29.8 Å². The summed E-state index contributed by atoms with van der Waals surface area (Å²) in [7, 11) is 3.45. The molecule has 0 spiro atoms. The van der Waals surface area contributed by atoms with Crippen LogP contribution in [-0.4, -0.2) is 54.0 Å². The van der Waals surface area contributed by atoms with Crippen LogP contribution in [0.2, 0.25) is 0 Å². The summed E-state index contributed by atoms with van der Waals surface area (Å²) in [6, 6.07) is 9.05. The second-order valence-corrected chi connectivity index (χ2v) is 7.58. The van der Waals surface area contributed by atoms with E-state index in [1.807, 2.05) is 13.8 Å². The summed E-state index contributed by atoms with van der Waals surface area (Å²) in [5.41, 5.74) is 4.49. The molecule has 1 N–H and O–H groups in total. The highest BCUT2D eigenvalue weighted by molar-refractivity contribution is 5.90. The Hall–Kier alpha value is -2.47. The van der Waals surface area contributed by atoms with E-state index in [-0.39, 0.29) is 11.7 Å². The summed E-state index contributed by atoms with van der Waals surface area (Å²) in [5.74, 6) is 0.995. The molecule has 0 bridgehead atoms. The molecule has 2 aromatic rings. The molecule has 27 heavy (non-hydrogen) atoms. The molecule has 6 heteroatoms. The fourth-order valence-electron chi connectivity index (χ4n) is 3.30. The minimum atomic E-state index is -0.160. The van der Waals surface area contributed by atoms with E-state index in [0.717, 1.165) is 43.1 Å². The lowest BCUT2D eigenvalue weighted by atomic mass is 10.1. The molecule has 1 atom stereocenters. The molecule has 0 radical (unpaired) electrons. The van der Waals surface area contributed by atoms with Gasteiger partial charge in [-0.05, 0) is 32.8 Å². The lowest BCUT2D eigenvalue weighted by molar-refractivity contribution is 0.0815. The summed E-state index contributed by atoms with van der Waals surface area (Å²) in [4.78, 5) is 25.1. The highest BCUT2D eigenvalue weighted by Gasteiger charge is 2.26. The van der Waals surface area contributed by atoms with Gasteiger partial charge in [-0.25, -0.2) is 9.97 Å². The SMILES string of the molecule is Cc1ccc(CN[C@@H]2CCN(c3nc(C(=O)N(C)C)nc(C)c3C)C2)cc1. The van der Waals surface area contributed by atoms with Gasteiger partial charge in [-0.2, -0.15) is 0 Å². The van der Waals surface area contributed by atoms with E-state index in [1.165, 1.54) is 16.0 Å². The quantitative estimate of drug-likeness (QED) is 0.880. The fraction of sp³-hybridized carbons (Fsp3) is 0.476. The molecule has 1 aliphatic rings. The van der Waals surface area contributed by atoms with E-state index < -0.39 is 0 Å². The zero-order chi connectivity index (χ0) is 19.6. The van der Waals surface area contributed by atoms with Gasteiger partial charge in [0, 0.05) is 51.0 Å². The largest absolute Gasteiger partial charge is 0.355 e. The van der Waals surface area contributed by atoms with Crippen molar-refractivity contribution in [1.82, 2.24) is 20.2 Å². The molecule has 1 aromatic heterocycles. The third-order valence-electron chi connectivity index (χ3n) is 5.16. The minimum Gasteiger partial charge on any atom is -0.355 e. The first kappa shape index (κ1) is 19.3. The lowest BCUT2D eigenvalue weighted by Crippen LogP contribution is -2.33. The van der Waals surface area contributed by atoms with E-state index in [0.29, 0.717) is 6.04 Å². The number of carbonyl (C=O) groups excluding carboxylic acids is 1. The predicted octanol–water partition coefficient (Wildman–Crippen LogP) is 2.47. The van der Waals surface area contributed by atoms with Crippen molar-refractivity contribution >= 4 is 11.7 Å². The van der Waals surface area contributed by atoms with Crippen LogP contribution in [0.15, 0.2) is 24.3 Å². The van der Waals surface area contributed by atoms with Gasteiger partial charge in [0.2, 0.25) is 5.82 Å². The van der Waals surface area contributed by atoms with Crippen molar-refractivity contribution in [2.45, 2.75) is 39.8 Å².